The Labute approximate surface area is 156 Å². The van der Waals surface area contributed by atoms with Gasteiger partial charge in [-0.3, -0.25) is 9.88 Å². The van der Waals surface area contributed by atoms with Crippen LogP contribution in [0.3, 0.4) is 0 Å². The van der Waals surface area contributed by atoms with E-state index >= 15 is 0 Å². The summed E-state index contributed by atoms with van der Waals surface area (Å²) in [6, 6.07) is 15.1. The normalized spacial score (nSPS) is 21.1. The molecular weight excluding hydrogens is 322 g/mol. The maximum atomic E-state index is 5.93. The quantitative estimate of drug-likeness (QED) is 0.828. The number of nitrogens with zero attached hydrogens (tertiary/aromatic N) is 3. The molecule has 2 aliphatic rings. The summed E-state index contributed by atoms with van der Waals surface area (Å²) in [4.78, 5) is 9.41. The third-order valence-corrected chi connectivity index (χ3v) is 6.02. The molecular formula is C22H29N3O. The van der Waals surface area contributed by atoms with Crippen LogP contribution in [0.15, 0.2) is 54.9 Å². The molecule has 1 spiro atoms. The van der Waals surface area contributed by atoms with Crippen LogP contribution in [-0.4, -0.2) is 59.7 Å². The lowest BCUT2D eigenvalue weighted by Crippen LogP contribution is -2.61. The molecule has 0 N–H and O–H groups in total. The molecule has 2 aliphatic heterocycles. The molecule has 0 bridgehead atoms. The number of morpholine rings is 1. The monoisotopic (exact) mass is 351 g/mol. The van der Waals surface area contributed by atoms with Gasteiger partial charge in [0.2, 0.25) is 0 Å². The number of piperidine rings is 1. The lowest BCUT2D eigenvalue weighted by atomic mass is 9.85. The van der Waals surface area contributed by atoms with Gasteiger partial charge >= 0.3 is 0 Å². The highest BCUT2D eigenvalue weighted by Crippen LogP contribution is 2.33. The maximum absolute atomic E-state index is 5.93. The summed E-state index contributed by atoms with van der Waals surface area (Å²) in [5.74, 6) is 0. The third kappa shape index (κ3) is 4.14. The second kappa shape index (κ2) is 8.30. The van der Waals surface area contributed by atoms with Gasteiger partial charge in [-0.1, -0.05) is 30.3 Å². The van der Waals surface area contributed by atoms with E-state index < -0.39 is 0 Å². The Morgan fingerprint density at radius 3 is 2.46 bits per heavy atom. The van der Waals surface area contributed by atoms with Crippen LogP contribution in [0.5, 0.6) is 0 Å². The molecule has 0 atom stereocenters. The van der Waals surface area contributed by atoms with E-state index in [0.717, 1.165) is 39.3 Å². The van der Waals surface area contributed by atoms with Crippen molar-refractivity contribution in [3.05, 3.63) is 66.0 Å². The van der Waals surface area contributed by atoms with E-state index in [1.165, 1.54) is 37.1 Å². The van der Waals surface area contributed by atoms with Gasteiger partial charge < -0.3 is 9.64 Å². The number of ether oxygens (including phenoxy) is 1. The lowest BCUT2D eigenvalue weighted by molar-refractivity contribution is -0.0987. The van der Waals surface area contributed by atoms with Crippen molar-refractivity contribution in [1.82, 2.24) is 14.8 Å². The minimum Gasteiger partial charge on any atom is -0.378 e. The number of pyridine rings is 1. The Bertz CT molecular complexity index is 668. The molecule has 0 saturated carbocycles. The minimum absolute atomic E-state index is 0.223. The van der Waals surface area contributed by atoms with E-state index in [1.807, 2.05) is 12.4 Å². The molecule has 4 rings (SSSR count). The third-order valence-electron chi connectivity index (χ3n) is 6.02. The van der Waals surface area contributed by atoms with Crippen molar-refractivity contribution in [3.63, 3.8) is 0 Å². The van der Waals surface area contributed by atoms with Crippen LogP contribution in [0.25, 0.3) is 0 Å². The van der Waals surface area contributed by atoms with E-state index in [1.54, 1.807) is 0 Å². The Morgan fingerprint density at radius 1 is 0.923 bits per heavy atom. The molecule has 1 aromatic heterocycles. The van der Waals surface area contributed by atoms with Gasteiger partial charge in [-0.2, -0.15) is 0 Å². The first-order chi connectivity index (χ1) is 12.8. The van der Waals surface area contributed by atoms with Crippen LogP contribution in [0.1, 0.15) is 24.0 Å². The van der Waals surface area contributed by atoms with Crippen molar-refractivity contribution in [1.29, 1.82) is 0 Å². The number of hydrogen-bond acceptors (Lipinski definition) is 4. The summed E-state index contributed by atoms with van der Waals surface area (Å²) < 4.78 is 5.93. The largest absolute Gasteiger partial charge is 0.378 e. The molecule has 4 heteroatoms. The molecule has 0 aliphatic carbocycles. The highest BCUT2D eigenvalue weighted by atomic mass is 16.5. The topological polar surface area (TPSA) is 28.6 Å². The van der Waals surface area contributed by atoms with Crippen LogP contribution < -0.4 is 0 Å². The Hall–Kier alpha value is -1.75. The standard InChI is InChI=1S/C22H29N3O/c1-2-4-21(5-3-1)18-25-16-17-26-19-22(25)9-14-24(15-10-22)13-8-20-6-11-23-12-7-20/h1-7,11-12H,8-10,13-19H2. The Morgan fingerprint density at radius 2 is 1.69 bits per heavy atom. The zero-order valence-corrected chi connectivity index (χ0v) is 15.5. The van der Waals surface area contributed by atoms with Gasteiger partial charge in [0.15, 0.2) is 0 Å². The first-order valence-electron chi connectivity index (χ1n) is 9.82. The van der Waals surface area contributed by atoms with Crippen molar-refractivity contribution in [2.75, 3.05) is 39.4 Å². The van der Waals surface area contributed by atoms with E-state index in [-0.39, 0.29) is 5.54 Å². The zero-order valence-electron chi connectivity index (χ0n) is 15.5. The van der Waals surface area contributed by atoms with E-state index in [0.29, 0.717) is 0 Å². The summed E-state index contributed by atoms with van der Waals surface area (Å²) >= 11 is 0. The first kappa shape index (κ1) is 17.7. The van der Waals surface area contributed by atoms with E-state index in [9.17, 15) is 0 Å². The minimum atomic E-state index is 0.223. The Balaban J connectivity index is 1.34. The fourth-order valence-electron chi connectivity index (χ4n) is 4.31. The number of aromatic nitrogens is 1. The highest BCUT2D eigenvalue weighted by Gasteiger charge is 2.41. The van der Waals surface area contributed by atoms with Crippen LogP contribution in [0.4, 0.5) is 0 Å². The maximum Gasteiger partial charge on any atom is 0.0652 e. The molecule has 4 nitrogen and oxygen atoms in total. The summed E-state index contributed by atoms with van der Waals surface area (Å²) in [5, 5.41) is 0. The smallest absolute Gasteiger partial charge is 0.0652 e. The van der Waals surface area contributed by atoms with Gasteiger partial charge in [0, 0.05) is 37.6 Å². The van der Waals surface area contributed by atoms with Crippen LogP contribution in [0, 0.1) is 0 Å². The fraction of sp³-hybridized carbons (Fsp3) is 0.500. The molecule has 0 amide bonds. The number of benzene rings is 1. The SMILES string of the molecule is c1ccc(CN2CCOCC23CCN(CCc2ccncc2)CC3)cc1. The van der Waals surface area contributed by atoms with E-state index in [2.05, 4.69) is 57.2 Å². The van der Waals surface area contributed by atoms with Gasteiger partial charge in [0.05, 0.1) is 13.2 Å². The van der Waals surface area contributed by atoms with Crippen LogP contribution >= 0.6 is 0 Å². The van der Waals surface area contributed by atoms with Crippen molar-refractivity contribution in [3.8, 4) is 0 Å². The number of rotatable bonds is 5. The summed E-state index contributed by atoms with van der Waals surface area (Å²) in [6.45, 7) is 7.31. The molecule has 0 radical (unpaired) electrons. The first-order valence-corrected chi connectivity index (χ1v) is 9.82. The second-order valence-electron chi connectivity index (χ2n) is 7.63. The highest BCUT2D eigenvalue weighted by molar-refractivity contribution is 5.16. The summed E-state index contributed by atoms with van der Waals surface area (Å²) in [7, 11) is 0. The van der Waals surface area contributed by atoms with Crippen LogP contribution in [0.2, 0.25) is 0 Å². The van der Waals surface area contributed by atoms with Crippen molar-refractivity contribution >= 4 is 0 Å². The molecule has 0 unspecified atom stereocenters. The summed E-state index contributed by atoms with van der Waals surface area (Å²) in [5.41, 5.74) is 3.02. The average Bonchev–Trinajstić information content (AvgIpc) is 2.71. The van der Waals surface area contributed by atoms with Gasteiger partial charge in [-0.25, -0.2) is 0 Å². The number of likely N-dealkylation sites (tertiary alicyclic amines) is 1. The average molecular weight is 351 g/mol. The molecule has 1 aromatic carbocycles. The molecule has 138 valence electrons. The molecule has 3 heterocycles. The number of hydrogen-bond donors (Lipinski definition) is 0. The van der Waals surface area contributed by atoms with Crippen molar-refractivity contribution in [2.45, 2.75) is 31.3 Å². The van der Waals surface area contributed by atoms with E-state index in [4.69, 9.17) is 4.74 Å². The van der Waals surface area contributed by atoms with Gasteiger partial charge in [-0.15, -0.1) is 0 Å². The van der Waals surface area contributed by atoms with Gasteiger partial charge in [0.1, 0.15) is 0 Å². The summed E-state index contributed by atoms with van der Waals surface area (Å²) in [6.07, 6.45) is 7.30. The molecule has 2 fully saturated rings. The van der Waals surface area contributed by atoms with Gasteiger partial charge in [-0.05, 0) is 55.6 Å². The fourth-order valence-corrected chi connectivity index (χ4v) is 4.31. The lowest BCUT2D eigenvalue weighted by Gasteiger charge is -2.51. The second-order valence-corrected chi connectivity index (χ2v) is 7.63. The van der Waals surface area contributed by atoms with Crippen molar-refractivity contribution < 1.29 is 4.74 Å². The van der Waals surface area contributed by atoms with Gasteiger partial charge in [0.25, 0.3) is 0 Å². The predicted octanol–water partition coefficient (Wildman–Crippen LogP) is 2.99. The Kier molecular flexibility index (Phi) is 5.63. The van der Waals surface area contributed by atoms with Crippen molar-refractivity contribution in [2.24, 2.45) is 0 Å². The molecule has 2 aromatic rings. The van der Waals surface area contributed by atoms with Crippen LogP contribution in [-0.2, 0) is 17.7 Å². The molecule has 2 saturated heterocycles. The molecule has 26 heavy (non-hydrogen) atoms. The zero-order chi connectivity index (χ0) is 17.7. The predicted molar refractivity (Wildman–Crippen MR) is 104 cm³/mol.